The van der Waals surface area contributed by atoms with Crippen LogP contribution < -0.4 is 10.6 Å². The fourth-order valence-electron chi connectivity index (χ4n) is 15.8. The highest BCUT2D eigenvalue weighted by atomic mass is 16.5. The van der Waals surface area contributed by atoms with Gasteiger partial charge in [-0.15, -0.1) is 0 Å². The van der Waals surface area contributed by atoms with E-state index in [0.29, 0.717) is 37.2 Å². The molecule has 0 unspecified atom stereocenters. The number of aliphatic imine (C=N–C) groups is 1. The summed E-state index contributed by atoms with van der Waals surface area (Å²) in [6.07, 6.45) is 13.6. The van der Waals surface area contributed by atoms with Gasteiger partial charge in [0.05, 0.1) is 33.9 Å². The number of hydrogen-bond donors (Lipinski definition) is 3. The van der Waals surface area contributed by atoms with Crippen molar-refractivity contribution in [3.05, 3.63) is 40.7 Å². The summed E-state index contributed by atoms with van der Waals surface area (Å²) in [5, 5.41) is 16.5. The number of amides is 2. The van der Waals surface area contributed by atoms with Crippen LogP contribution in [0.2, 0.25) is 0 Å². The number of pyridine rings is 1. The number of aromatic nitrogens is 1. The van der Waals surface area contributed by atoms with Gasteiger partial charge in [-0.05, 0) is 147 Å². The van der Waals surface area contributed by atoms with Gasteiger partial charge in [0.1, 0.15) is 11.6 Å². The Labute approximate surface area is 361 Å². The lowest BCUT2D eigenvalue weighted by Crippen LogP contribution is -2.77. The molecule has 0 saturated heterocycles. The molecule has 3 N–H and O–H groups in total. The molecule has 330 valence electrons. The van der Waals surface area contributed by atoms with Crippen molar-refractivity contribution in [3.63, 3.8) is 0 Å². The van der Waals surface area contributed by atoms with Crippen molar-refractivity contribution in [2.75, 3.05) is 0 Å². The molecule has 1 spiro atoms. The predicted octanol–water partition coefficient (Wildman–Crippen LogP) is 8.13. The van der Waals surface area contributed by atoms with Gasteiger partial charge < -0.3 is 20.5 Å². The lowest BCUT2D eigenvalue weighted by atomic mass is 9.30. The minimum absolute atomic E-state index is 0.0130. The number of nitrogens with zero attached hydrogens (tertiary/aromatic N) is 2. The number of aryl methyl sites for hydroxylation is 1. The van der Waals surface area contributed by atoms with Crippen molar-refractivity contribution in [2.24, 2.45) is 61.7 Å². The third-order valence-electron chi connectivity index (χ3n) is 19.8. The highest BCUT2D eigenvalue weighted by Crippen LogP contribution is 2.78. The summed E-state index contributed by atoms with van der Waals surface area (Å²) in [5.41, 5.74) is -0.348. The second kappa shape index (κ2) is 13.6. The first kappa shape index (κ1) is 42.4. The van der Waals surface area contributed by atoms with Crippen molar-refractivity contribution < 1.29 is 33.8 Å². The summed E-state index contributed by atoms with van der Waals surface area (Å²) >= 11 is 0. The number of fused-ring (bicyclic) bond motifs is 6. The van der Waals surface area contributed by atoms with Gasteiger partial charge in [0.25, 0.3) is 5.91 Å². The number of hydrogen-bond acceptors (Lipinski definition) is 8. The van der Waals surface area contributed by atoms with Gasteiger partial charge >= 0.3 is 11.9 Å². The molecule has 2 heterocycles. The molecule has 6 saturated carbocycles. The first-order valence-corrected chi connectivity index (χ1v) is 23.4. The number of allylic oxidation sites excluding steroid dienone is 1. The van der Waals surface area contributed by atoms with Crippen molar-refractivity contribution in [2.45, 2.75) is 175 Å². The number of esters is 1. The zero-order valence-corrected chi connectivity index (χ0v) is 38.0. The van der Waals surface area contributed by atoms with Crippen LogP contribution in [0.1, 0.15) is 161 Å². The first-order chi connectivity index (χ1) is 28.5. The second-order valence-electron chi connectivity index (χ2n) is 22.9. The molecule has 0 aromatic carbocycles. The minimum atomic E-state index is -1.06. The minimum Gasteiger partial charge on any atom is -0.481 e. The lowest BCUT2D eigenvalue weighted by molar-refractivity contribution is -0.240. The maximum absolute atomic E-state index is 14.9. The lowest BCUT2D eigenvalue weighted by Gasteiger charge is -2.76. The molecule has 1 aliphatic heterocycles. The van der Waals surface area contributed by atoms with Crippen molar-refractivity contribution in [1.82, 2.24) is 15.6 Å². The van der Waals surface area contributed by atoms with Crippen LogP contribution in [0.3, 0.4) is 0 Å². The van der Waals surface area contributed by atoms with Gasteiger partial charge in [-0.2, -0.15) is 0 Å². The van der Waals surface area contributed by atoms with E-state index in [0.717, 1.165) is 74.6 Å². The van der Waals surface area contributed by atoms with E-state index in [1.807, 2.05) is 26.8 Å². The summed E-state index contributed by atoms with van der Waals surface area (Å²) < 4.78 is 6.46. The number of carboxylic acids is 1. The van der Waals surface area contributed by atoms with Crippen LogP contribution in [0.4, 0.5) is 0 Å². The Hall–Kier alpha value is -3.89. The maximum Gasteiger partial charge on any atom is 0.309 e. The second-order valence-corrected chi connectivity index (χ2v) is 22.9. The normalized spacial score (nSPS) is 42.5. The number of aliphatic carboxylic acids is 1. The number of rotatable bonds is 8. The number of ether oxygens (including phenoxy) is 1. The van der Waals surface area contributed by atoms with Crippen molar-refractivity contribution in [1.29, 1.82) is 0 Å². The fourth-order valence-corrected chi connectivity index (χ4v) is 15.8. The molecular weight excluding hydrogens is 769 g/mol. The van der Waals surface area contributed by atoms with E-state index >= 15 is 0 Å². The van der Waals surface area contributed by atoms with E-state index in [1.165, 1.54) is 0 Å². The van der Waals surface area contributed by atoms with Gasteiger partial charge in [-0.25, -0.2) is 0 Å². The summed E-state index contributed by atoms with van der Waals surface area (Å²) in [4.78, 5) is 78.2. The summed E-state index contributed by atoms with van der Waals surface area (Å²) in [5.74, 6) is -1.96. The number of Topliss-reactive ketones (excluding diaryl/α,β-unsaturated/α-hetero) is 1. The van der Waals surface area contributed by atoms with E-state index < -0.39 is 39.7 Å². The molecular formula is C50H68N4O7. The molecule has 7 aliphatic carbocycles. The number of carboxylic acid groups (broad SMARTS) is 1. The van der Waals surface area contributed by atoms with Crippen LogP contribution in [0, 0.1) is 63.6 Å². The van der Waals surface area contributed by atoms with Gasteiger partial charge in [0, 0.05) is 24.5 Å². The van der Waals surface area contributed by atoms with Crippen LogP contribution in [0.15, 0.2) is 34.5 Å². The highest BCUT2D eigenvalue weighted by molar-refractivity contribution is 6.04. The Bertz CT molecular complexity index is 2150. The average Bonchev–Trinajstić information content (AvgIpc) is 3.78. The van der Waals surface area contributed by atoms with E-state index in [4.69, 9.17) is 9.73 Å². The Balaban J connectivity index is 0.994. The largest absolute Gasteiger partial charge is 0.481 e. The molecule has 11 heteroatoms. The Kier molecular flexibility index (Phi) is 9.43. The molecule has 11 nitrogen and oxygen atoms in total. The molecule has 1 aromatic rings. The summed E-state index contributed by atoms with van der Waals surface area (Å²) in [6, 6.07) is 3.56. The molecule has 9 rings (SSSR count). The summed E-state index contributed by atoms with van der Waals surface area (Å²) in [6.45, 7) is 19.6. The standard InChI is InChI=1S/C50H68N4O7/c1-28(2)37-34(55)25-49(54-42(60)48(17-10-11-18-48)53-39(56)30-13-12-29(3)51-26-30)22-20-44(6)31(38(37)49)14-15-35-45(44,7)21-23-50-46(35,8)19-16-36(47(50,9)27-52-50)61-41(59)33-24-32(40(57)58)43(33,4)5/h12-13,26-28,31-33,35-36H,10-11,14-25H2,1-9H3,(H,53,56)(H,54,60)(H,57,58)/t31-,32+,33-,35+,36+,44-,45-,46-,47-,49-,50+/m1/s1. The number of carbonyl (C=O) groups is 5. The van der Waals surface area contributed by atoms with Gasteiger partial charge in [0.15, 0.2) is 5.78 Å². The third-order valence-corrected chi connectivity index (χ3v) is 19.8. The Morgan fingerprint density at radius 3 is 2.15 bits per heavy atom. The van der Waals surface area contributed by atoms with Crippen LogP contribution >= 0.6 is 0 Å². The monoisotopic (exact) mass is 837 g/mol. The molecule has 2 amide bonds. The molecule has 0 radical (unpaired) electrons. The maximum atomic E-state index is 14.9. The molecule has 0 bridgehead atoms. The van der Waals surface area contributed by atoms with Gasteiger partial charge in [-0.1, -0.05) is 61.3 Å². The van der Waals surface area contributed by atoms with Crippen LogP contribution in [-0.4, -0.2) is 68.6 Å². The molecule has 11 atom stereocenters. The zero-order valence-electron chi connectivity index (χ0n) is 38.0. The Morgan fingerprint density at radius 2 is 1.54 bits per heavy atom. The molecule has 8 aliphatic rings. The smallest absolute Gasteiger partial charge is 0.309 e. The fraction of sp³-hybridized carbons (Fsp3) is 0.740. The van der Waals surface area contributed by atoms with Gasteiger partial charge in [0.2, 0.25) is 5.91 Å². The van der Waals surface area contributed by atoms with Crippen LogP contribution in [0.25, 0.3) is 0 Å². The van der Waals surface area contributed by atoms with Crippen molar-refractivity contribution >= 4 is 35.8 Å². The topological polar surface area (TPSA) is 164 Å². The highest BCUT2D eigenvalue weighted by Gasteiger charge is 2.78. The number of carbonyl (C=O) groups excluding carboxylic acids is 4. The average molecular weight is 837 g/mol. The van der Waals surface area contributed by atoms with E-state index in [-0.39, 0.29) is 69.7 Å². The summed E-state index contributed by atoms with van der Waals surface area (Å²) in [7, 11) is 0. The molecule has 1 aromatic heterocycles. The first-order valence-electron chi connectivity index (χ1n) is 23.4. The third kappa shape index (κ3) is 5.48. The quantitative estimate of drug-likeness (QED) is 0.221. The number of ketones is 1. The van der Waals surface area contributed by atoms with Crippen molar-refractivity contribution in [3.8, 4) is 0 Å². The van der Waals surface area contributed by atoms with Gasteiger partial charge in [-0.3, -0.25) is 33.9 Å². The van der Waals surface area contributed by atoms with E-state index in [2.05, 4.69) is 63.4 Å². The molecule has 61 heavy (non-hydrogen) atoms. The SMILES string of the molecule is Cc1ccc(C(=O)NC2(C(=O)N[C@@]34CC[C@]5(C)[C@H](CC[C@@H]6[C@@]7(C)CC[C@H](OC(=O)[C@H]8C[C@@H](C(=O)O)C8(C)C)[C@@]8(C)C=N[C@]87CC[C@]65C)C3=C(C(C)C)C(=O)C4)CCCC2)cn1. The van der Waals surface area contributed by atoms with E-state index in [9.17, 15) is 29.1 Å². The number of nitrogens with one attached hydrogen (secondary N) is 2. The molecule has 6 fully saturated rings. The van der Waals surface area contributed by atoms with Crippen LogP contribution in [0.5, 0.6) is 0 Å². The Morgan fingerprint density at radius 1 is 0.836 bits per heavy atom. The predicted molar refractivity (Wildman–Crippen MR) is 230 cm³/mol. The van der Waals surface area contributed by atoms with E-state index in [1.54, 1.807) is 12.3 Å². The van der Waals surface area contributed by atoms with Crippen LogP contribution in [-0.2, 0) is 23.9 Å². The zero-order chi connectivity index (χ0) is 43.9.